The van der Waals surface area contributed by atoms with Crippen LogP contribution in [-0.4, -0.2) is 28.6 Å². The molecule has 17 heavy (non-hydrogen) atoms. The lowest BCUT2D eigenvalue weighted by molar-refractivity contribution is -0.143. The summed E-state index contributed by atoms with van der Waals surface area (Å²) < 4.78 is 1.13. The number of aliphatic carboxylic acids is 1. The molecule has 3 nitrogen and oxygen atoms in total. The molecule has 4 heteroatoms. The van der Waals surface area contributed by atoms with Crippen molar-refractivity contribution in [2.75, 3.05) is 6.54 Å². The average Bonchev–Trinajstić information content (AvgIpc) is 2.27. The first-order chi connectivity index (χ1) is 8.00. The minimum Gasteiger partial charge on any atom is -0.480 e. The van der Waals surface area contributed by atoms with Crippen LogP contribution in [0.25, 0.3) is 0 Å². The number of halogens is 1. The van der Waals surface area contributed by atoms with Gasteiger partial charge in [0.25, 0.3) is 0 Å². The molecule has 1 N–H and O–H groups in total. The summed E-state index contributed by atoms with van der Waals surface area (Å²) in [4.78, 5) is 13.0. The van der Waals surface area contributed by atoms with Gasteiger partial charge in [0.2, 0.25) is 0 Å². The van der Waals surface area contributed by atoms with Gasteiger partial charge < -0.3 is 5.11 Å². The van der Waals surface area contributed by atoms with Crippen LogP contribution in [0.5, 0.6) is 0 Å². The number of carboxylic acid groups (broad SMARTS) is 1. The van der Waals surface area contributed by atoms with Gasteiger partial charge in [-0.2, -0.15) is 0 Å². The summed E-state index contributed by atoms with van der Waals surface area (Å²) in [5.74, 6) is -0.397. The van der Waals surface area contributed by atoms with Crippen molar-refractivity contribution in [1.82, 2.24) is 4.90 Å². The van der Waals surface area contributed by atoms with Crippen molar-refractivity contribution in [2.24, 2.45) is 0 Å². The van der Waals surface area contributed by atoms with Crippen LogP contribution in [0.2, 0.25) is 0 Å². The predicted molar refractivity (Wildman–Crippen MR) is 70.1 cm³/mol. The van der Waals surface area contributed by atoms with Crippen molar-refractivity contribution in [3.8, 4) is 0 Å². The fraction of sp³-hybridized carbons (Fsp3) is 0.462. The molecule has 2 atom stereocenters. The first-order valence-corrected chi connectivity index (χ1v) is 6.54. The third-order valence-electron chi connectivity index (χ3n) is 3.42. The first kappa shape index (κ1) is 12.6. The molecule has 2 rings (SSSR count). The molecule has 0 spiro atoms. The van der Waals surface area contributed by atoms with Gasteiger partial charge in [-0.1, -0.05) is 35.0 Å². The highest BCUT2D eigenvalue weighted by molar-refractivity contribution is 9.10. The number of benzene rings is 1. The van der Waals surface area contributed by atoms with Gasteiger partial charge in [0.15, 0.2) is 0 Å². The van der Waals surface area contributed by atoms with Crippen molar-refractivity contribution in [2.45, 2.75) is 32.4 Å². The highest BCUT2D eigenvalue weighted by atomic mass is 79.9. The molecule has 0 bridgehead atoms. The Bertz CT molecular complexity index is 447. The molecule has 92 valence electrons. The molecule has 0 fully saturated rings. The highest BCUT2D eigenvalue weighted by Gasteiger charge is 2.29. The van der Waals surface area contributed by atoms with E-state index in [1.807, 2.05) is 17.0 Å². The second-order valence-corrected chi connectivity index (χ2v) is 5.51. The van der Waals surface area contributed by atoms with Crippen LogP contribution in [0.3, 0.4) is 0 Å². The second kappa shape index (κ2) is 4.78. The smallest absolute Gasteiger partial charge is 0.320 e. The van der Waals surface area contributed by atoms with Gasteiger partial charge in [-0.15, -0.1) is 0 Å². The van der Waals surface area contributed by atoms with E-state index in [1.54, 1.807) is 6.92 Å². The van der Waals surface area contributed by atoms with Crippen molar-refractivity contribution in [3.05, 3.63) is 33.8 Å². The number of rotatable bonds is 2. The number of carboxylic acids is 1. The summed E-state index contributed by atoms with van der Waals surface area (Å²) in [6, 6.07) is 5.71. The average molecular weight is 298 g/mol. The molecule has 1 aromatic carbocycles. The topological polar surface area (TPSA) is 40.5 Å². The van der Waals surface area contributed by atoms with Crippen LogP contribution in [0.1, 0.15) is 30.9 Å². The zero-order valence-electron chi connectivity index (χ0n) is 9.98. The second-order valence-electron chi connectivity index (χ2n) is 4.66. The largest absolute Gasteiger partial charge is 0.480 e. The Kier molecular flexibility index (Phi) is 3.54. The van der Waals surface area contributed by atoms with Gasteiger partial charge in [0, 0.05) is 17.6 Å². The standard InChI is InChI=1S/C13H16BrNO2/c1-8-6-15(9(2)13(16)17)7-10-4-3-5-11(14)12(8)10/h3-5,8-9H,6-7H2,1-2H3,(H,16,17). The molecule has 1 aliphatic heterocycles. The van der Waals surface area contributed by atoms with Crippen molar-refractivity contribution < 1.29 is 9.90 Å². The summed E-state index contributed by atoms with van der Waals surface area (Å²) in [5.41, 5.74) is 2.55. The number of fused-ring (bicyclic) bond motifs is 1. The van der Waals surface area contributed by atoms with Crippen LogP contribution >= 0.6 is 15.9 Å². The Balaban J connectivity index is 2.31. The first-order valence-electron chi connectivity index (χ1n) is 5.75. The maximum atomic E-state index is 11.0. The van der Waals surface area contributed by atoms with Crippen molar-refractivity contribution in [3.63, 3.8) is 0 Å². The van der Waals surface area contributed by atoms with Gasteiger partial charge in [-0.25, -0.2) is 0 Å². The summed E-state index contributed by atoms with van der Waals surface area (Å²) in [6.07, 6.45) is 0. The summed E-state index contributed by atoms with van der Waals surface area (Å²) >= 11 is 3.57. The summed E-state index contributed by atoms with van der Waals surface area (Å²) in [6.45, 7) is 5.40. The van der Waals surface area contributed by atoms with Gasteiger partial charge in [-0.05, 0) is 30.0 Å². The Hall–Kier alpha value is -0.870. The van der Waals surface area contributed by atoms with Crippen molar-refractivity contribution in [1.29, 1.82) is 0 Å². The monoisotopic (exact) mass is 297 g/mol. The van der Waals surface area contributed by atoms with E-state index in [0.717, 1.165) is 11.0 Å². The summed E-state index contributed by atoms with van der Waals surface area (Å²) in [5, 5.41) is 9.07. The van der Waals surface area contributed by atoms with Crippen LogP contribution in [0.4, 0.5) is 0 Å². The lowest BCUT2D eigenvalue weighted by Gasteiger charge is -2.35. The van der Waals surface area contributed by atoms with E-state index in [9.17, 15) is 4.79 Å². The predicted octanol–water partition coefficient (Wildman–Crippen LogP) is 2.84. The number of hydrogen-bond acceptors (Lipinski definition) is 2. The fourth-order valence-electron chi connectivity index (χ4n) is 2.45. The van der Waals surface area contributed by atoms with E-state index in [1.165, 1.54) is 11.1 Å². The molecular formula is C13H16BrNO2. The Morgan fingerprint density at radius 1 is 1.59 bits per heavy atom. The quantitative estimate of drug-likeness (QED) is 0.912. The summed E-state index contributed by atoms with van der Waals surface area (Å²) in [7, 11) is 0. The Labute approximate surface area is 110 Å². The maximum Gasteiger partial charge on any atom is 0.320 e. The molecular weight excluding hydrogens is 282 g/mol. The van der Waals surface area contributed by atoms with E-state index in [-0.39, 0.29) is 0 Å². The Morgan fingerprint density at radius 3 is 2.94 bits per heavy atom. The zero-order chi connectivity index (χ0) is 12.6. The van der Waals surface area contributed by atoms with Gasteiger partial charge >= 0.3 is 5.97 Å². The molecule has 0 saturated heterocycles. The lowest BCUT2D eigenvalue weighted by Crippen LogP contribution is -2.43. The lowest BCUT2D eigenvalue weighted by atomic mass is 9.90. The molecule has 0 amide bonds. The highest BCUT2D eigenvalue weighted by Crippen LogP contribution is 2.34. The van der Waals surface area contributed by atoms with Crippen LogP contribution < -0.4 is 0 Å². The third kappa shape index (κ3) is 2.38. The third-order valence-corrected chi connectivity index (χ3v) is 4.11. The number of hydrogen-bond donors (Lipinski definition) is 1. The normalized spacial score (nSPS) is 21.9. The molecule has 0 aliphatic carbocycles. The SMILES string of the molecule is CC1CN(C(C)C(=O)O)Cc2cccc(Br)c21. The van der Waals surface area contributed by atoms with Crippen LogP contribution in [0.15, 0.2) is 22.7 Å². The number of nitrogens with zero attached hydrogens (tertiary/aromatic N) is 1. The molecule has 1 aliphatic rings. The molecule has 2 unspecified atom stereocenters. The van der Waals surface area contributed by atoms with E-state index >= 15 is 0 Å². The molecule has 1 heterocycles. The van der Waals surface area contributed by atoms with Gasteiger partial charge in [-0.3, -0.25) is 9.69 Å². The maximum absolute atomic E-state index is 11.0. The van der Waals surface area contributed by atoms with Gasteiger partial charge in [0.05, 0.1) is 0 Å². The van der Waals surface area contributed by atoms with Crippen molar-refractivity contribution >= 4 is 21.9 Å². The van der Waals surface area contributed by atoms with E-state index in [2.05, 4.69) is 28.9 Å². The van der Waals surface area contributed by atoms with E-state index in [0.29, 0.717) is 12.5 Å². The zero-order valence-corrected chi connectivity index (χ0v) is 11.6. The van der Waals surface area contributed by atoms with Crippen LogP contribution in [-0.2, 0) is 11.3 Å². The Morgan fingerprint density at radius 2 is 2.29 bits per heavy atom. The molecule has 1 aromatic rings. The molecule has 0 saturated carbocycles. The number of carbonyl (C=O) groups is 1. The molecule has 0 radical (unpaired) electrons. The van der Waals surface area contributed by atoms with Crippen LogP contribution in [0, 0.1) is 0 Å². The molecule has 0 aromatic heterocycles. The fourth-order valence-corrected chi connectivity index (χ4v) is 3.25. The minimum absolute atomic E-state index is 0.358. The van der Waals surface area contributed by atoms with E-state index in [4.69, 9.17) is 5.11 Å². The van der Waals surface area contributed by atoms with Gasteiger partial charge in [0.1, 0.15) is 6.04 Å². The van der Waals surface area contributed by atoms with E-state index < -0.39 is 12.0 Å². The minimum atomic E-state index is -0.754.